The van der Waals surface area contributed by atoms with E-state index >= 15 is 0 Å². The molecule has 0 heterocycles. The molecule has 0 bridgehead atoms. The van der Waals surface area contributed by atoms with Crippen molar-refractivity contribution in [3.63, 3.8) is 0 Å². The number of allylic oxidation sites excluding steroid dienone is 2. The van der Waals surface area contributed by atoms with E-state index in [1.54, 1.807) is 0 Å². The summed E-state index contributed by atoms with van der Waals surface area (Å²) in [4.78, 5) is 0. The lowest BCUT2D eigenvalue weighted by Crippen LogP contribution is -1.81. The molecule has 0 rings (SSSR count). The first-order valence-electron chi connectivity index (χ1n) is 7.86. The van der Waals surface area contributed by atoms with Crippen molar-refractivity contribution in [2.45, 2.75) is 90.4 Å². The van der Waals surface area contributed by atoms with Crippen molar-refractivity contribution in [1.29, 1.82) is 0 Å². The van der Waals surface area contributed by atoms with Crippen LogP contribution in [0.2, 0.25) is 0 Å². The molecule has 1 radical (unpaired) electrons. The smallest absolute Gasteiger partial charge is 0.0351 e. The molecule has 101 valence electrons. The van der Waals surface area contributed by atoms with Crippen LogP contribution in [-0.2, 0) is 0 Å². The molecular formula is C17H33. The fraction of sp³-hybridized carbons (Fsp3) is 0.824. The van der Waals surface area contributed by atoms with E-state index in [1.807, 2.05) is 0 Å². The molecule has 0 aliphatic rings. The lowest BCUT2D eigenvalue weighted by atomic mass is 10.1. The van der Waals surface area contributed by atoms with Crippen LogP contribution in [0.5, 0.6) is 0 Å². The van der Waals surface area contributed by atoms with Crippen LogP contribution in [0.15, 0.2) is 12.2 Å². The summed E-state index contributed by atoms with van der Waals surface area (Å²) >= 11 is 0. The van der Waals surface area contributed by atoms with Gasteiger partial charge in [0.25, 0.3) is 0 Å². The average molecular weight is 237 g/mol. The molecule has 0 atom stereocenters. The summed E-state index contributed by atoms with van der Waals surface area (Å²) < 4.78 is 0. The summed E-state index contributed by atoms with van der Waals surface area (Å²) in [5, 5.41) is 0. The maximum absolute atomic E-state index is 3.83. The van der Waals surface area contributed by atoms with Crippen molar-refractivity contribution in [2.24, 2.45) is 0 Å². The summed E-state index contributed by atoms with van der Waals surface area (Å²) in [5.41, 5.74) is 0. The van der Waals surface area contributed by atoms with Crippen molar-refractivity contribution in [2.75, 3.05) is 0 Å². The van der Waals surface area contributed by atoms with E-state index in [4.69, 9.17) is 0 Å². The maximum Gasteiger partial charge on any atom is -0.0351 e. The van der Waals surface area contributed by atoms with Gasteiger partial charge in [-0.1, -0.05) is 83.8 Å². The van der Waals surface area contributed by atoms with E-state index in [1.165, 1.54) is 70.6 Å². The Labute approximate surface area is 110 Å². The van der Waals surface area contributed by atoms with Gasteiger partial charge in [-0.2, -0.15) is 0 Å². The number of rotatable bonds is 13. The summed E-state index contributed by atoms with van der Waals surface area (Å²) in [6.07, 6.45) is 22.4. The highest BCUT2D eigenvalue weighted by molar-refractivity contribution is 4.81. The van der Waals surface area contributed by atoms with Crippen LogP contribution in [0.3, 0.4) is 0 Å². The minimum absolute atomic E-state index is 1.04. The lowest BCUT2D eigenvalue weighted by Gasteiger charge is -2.01. The largest absolute Gasteiger partial charge is 0.0885 e. The van der Waals surface area contributed by atoms with Crippen molar-refractivity contribution in [3.05, 3.63) is 19.1 Å². The van der Waals surface area contributed by atoms with Gasteiger partial charge in [-0.3, -0.25) is 0 Å². The first-order chi connectivity index (χ1) is 8.41. The van der Waals surface area contributed by atoms with E-state index in [9.17, 15) is 0 Å². The van der Waals surface area contributed by atoms with Gasteiger partial charge in [-0.25, -0.2) is 0 Å². The minimum Gasteiger partial charge on any atom is -0.0885 e. The Morgan fingerprint density at radius 1 is 0.647 bits per heavy atom. The molecule has 0 amide bonds. The molecular weight excluding hydrogens is 204 g/mol. The Bertz CT molecular complexity index is 146. The van der Waals surface area contributed by atoms with Crippen LogP contribution in [0.4, 0.5) is 0 Å². The Morgan fingerprint density at radius 2 is 1.12 bits per heavy atom. The van der Waals surface area contributed by atoms with Crippen LogP contribution >= 0.6 is 0 Å². The highest BCUT2D eigenvalue weighted by Crippen LogP contribution is 2.11. The quantitative estimate of drug-likeness (QED) is 0.254. The predicted octanol–water partition coefficient (Wildman–Crippen LogP) is 6.47. The van der Waals surface area contributed by atoms with Gasteiger partial charge in [-0.05, 0) is 25.7 Å². The minimum atomic E-state index is 1.04. The third-order valence-corrected chi connectivity index (χ3v) is 3.26. The van der Waals surface area contributed by atoms with Crippen molar-refractivity contribution < 1.29 is 0 Å². The summed E-state index contributed by atoms with van der Waals surface area (Å²) in [6, 6.07) is 0. The Balaban J connectivity index is 2.94. The summed E-state index contributed by atoms with van der Waals surface area (Å²) in [7, 11) is 0. The molecule has 0 saturated heterocycles. The molecule has 0 N–H and O–H groups in total. The third-order valence-electron chi connectivity index (χ3n) is 3.26. The van der Waals surface area contributed by atoms with Crippen LogP contribution in [0, 0.1) is 6.92 Å². The molecule has 0 aliphatic carbocycles. The first-order valence-corrected chi connectivity index (χ1v) is 7.86. The van der Waals surface area contributed by atoms with Crippen molar-refractivity contribution in [3.8, 4) is 0 Å². The average Bonchev–Trinajstić information content (AvgIpc) is 2.35. The number of unbranched alkanes of at least 4 members (excludes halogenated alkanes) is 11. The SMILES string of the molecule is [CH2]CCC=CCCCCCCCCCCCC. The monoisotopic (exact) mass is 237 g/mol. The molecule has 0 aromatic carbocycles. The fourth-order valence-electron chi connectivity index (χ4n) is 2.10. The van der Waals surface area contributed by atoms with Gasteiger partial charge in [0.05, 0.1) is 0 Å². The van der Waals surface area contributed by atoms with E-state index in [0.717, 1.165) is 12.8 Å². The number of hydrogen-bond donors (Lipinski definition) is 0. The molecule has 0 nitrogen and oxygen atoms in total. The van der Waals surface area contributed by atoms with E-state index in [-0.39, 0.29) is 0 Å². The second-order valence-electron chi connectivity index (χ2n) is 5.08. The highest BCUT2D eigenvalue weighted by atomic mass is 14.0. The second-order valence-corrected chi connectivity index (χ2v) is 5.08. The van der Waals surface area contributed by atoms with Gasteiger partial charge in [0.1, 0.15) is 0 Å². The second kappa shape index (κ2) is 15.7. The molecule has 0 aliphatic heterocycles. The molecule has 0 heteroatoms. The summed E-state index contributed by atoms with van der Waals surface area (Å²) in [5.74, 6) is 0. The lowest BCUT2D eigenvalue weighted by molar-refractivity contribution is 0.557. The zero-order chi connectivity index (χ0) is 12.6. The van der Waals surface area contributed by atoms with Gasteiger partial charge in [0.2, 0.25) is 0 Å². The van der Waals surface area contributed by atoms with Crippen molar-refractivity contribution >= 4 is 0 Å². The standard InChI is InChI=1S/C17H33/c1-3-5-7-9-11-13-15-17-16-14-12-10-8-6-4-2/h7,9H,1,3-6,8,10-17H2,2H3. The van der Waals surface area contributed by atoms with E-state index in [2.05, 4.69) is 26.0 Å². The Kier molecular flexibility index (Phi) is 15.5. The van der Waals surface area contributed by atoms with Crippen LogP contribution in [0.1, 0.15) is 90.4 Å². The third kappa shape index (κ3) is 15.7. The van der Waals surface area contributed by atoms with Crippen LogP contribution in [-0.4, -0.2) is 0 Å². The Morgan fingerprint density at radius 3 is 1.65 bits per heavy atom. The molecule has 0 unspecified atom stereocenters. The van der Waals surface area contributed by atoms with Gasteiger partial charge < -0.3 is 0 Å². The molecule has 0 aromatic heterocycles. The predicted molar refractivity (Wildman–Crippen MR) is 80.2 cm³/mol. The first kappa shape index (κ1) is 16.7. The zero-order valence-corrected chi connectivity index (χ0v) is 12.1. The summed E-state index contributed by atoms with van der Waals surface area (Å²) in [6.45, 7) is 6.11. The fourth-order valence-corrected chi connectivity index (χ4v) is 2.10. The van der Waals surface area contributed by atoms with Gasteiger partial charge >= 0.3 is 0 Å². The molecule has 0 fully saturated rings. The normalized spacial score (nSPS) is 11.4. The molecule has 0 spiro atoms. The van der Waals surface area contributed by atoms with Crippen molar-refractivity contribution in [1.82, 2.24) is 0 Å². The van der Waals surface area contributed by atoms with Crippen LogP contribution < -0.4 is 0 Å². The van der Waals surface area contributed by atoms with Crippen LogP contribution in [0.25, 0.3) is 0 Å². The van der Waals surface area contributed by atoms with E-state index in [0.29, 0.717) is 0 Å². The van der Waals surface area contributed by atoms with Gasteiger partial charge in [0, 0.05) is 0 Å². The zero-order valence-electron chi connectivity index (χ0n) is 12.1. The highest BCUT2D eigenvalue weighted by Gasteiger charge is 1.91. The molecule has 0 saturated carbocycles. The molecule has 0 aromatic rings. The van der Waals surface area contributed by atoms with Gasteiger partial charge in [0.15, 0.2) is 0 Å². The maximum atomic E-state index is 3.83. The van der Waals surface area contributed by atoms with Gasteiger partial charge in [-0.15, -0.1) is 0 Å². The topological polar surface area (TPSA) is 0 Å². The Hall–Kier alpha value is -0.260. The number of hydrogen-bond acceptors (Lipinski definition) is 0. The molecule has 17 heavy (non-hydrogen) atoms. The van der Waals surface area contributed by atoms with E-state index < -0.39 is 0 Å².